The zero-order chi connectivity index (χ0) is 12.8. The van der Waals surface area contributed by atoms with E-state index in [1.165, 1.54) is 37.8 Å². The first-order valence-corrected chi connectivity index (χ1v) is 6.80. The van der Waals surface area contributed by atoms with Crippen molar-refractivity contribution in [2.45, 2.75) is 44.3 Å². The molecule has 3 heteroatoms. The molecule has 1 aromatic rings. The zero-order valence-electron chi connectivity index (χ0n) is 10.9. The van der Waals surface area contributed by atoms with Crippen molar-refractivity contribution in [2.24, 2.45) is 0 Å². The fraction of sp³-hybridized carbons (Fsp3) is 0.533. The molecule has 2 fully saturated rings. The summed E-state index contributed by atoms with van der Waals surface area (Å²) in [6.45, 7) is 0.940. The van der Waals surface area contributed by atoms with E-state index in [-0.39, 0.29) is 5.82 Å². The topological polar surface area (TPSA) is 26.0 Å². The quantitative estimate of drug-likeness (QED) is 0.632. The van der Waals surface area contributed by atoms with E-state index in [0.717, 1.165) is 28.7 Å². The molecular formula is C15H21FN2+. The van der Waals surface area contributed by atoms with E-state index in [1.54, 1.807) is 0 Å². The number of hydrogen-bond acceptors (Lipinski definition) is 1. The lowest BCUT2D eigenvalue weighted by atomic mass is 9.98. The van der Waals surface area contributed by atoms with Gasteiger partial charge in [0.25, 0.3) is 0 Å². The van der Waals surface area contributed by atoms with Crippen LogP contribution in [0.15, 0.2) is 18.2 Å². The molecule has 2 bridgehead atoms. The van der Waals surface area contributed by atoms with Crippen LogP contribution in [0.2, 0.25) is 0 Å². The molecule has 2 aliphatic rings. The standard InChI is InChI=1S/C15H21FN2/c1-18(13-3-2-4-14(18)8-7-13)10-11-5-6-12(16)9-15(11)17/h2,5-6,9,13-14H,3-4,7-8,10,17H2,1H3/q+1. The molecular weight excluding hydrogens is 227 g/mol. The second kappa shape index (κ2) is 4.23. The van der Waals surface area contributed by atoms with Gasteiger partial charge in [-0.1, -0.05) is 0 Å². The monoisotopic (exact) mass is 248 g/mol. The summed E-state index contributed by atoms with van der Waals surface area (Å²) >= 11 is 0. The van der Waals surface area contributed by atoms with Crippen LogP contribution in [0.5, 0.6) is 0 Å². The highest BCUT2D eigenvalue weighted by atomic mass is 19.1. The highest BCUT2D eigenvalue weighted by Crippen LogP contribution is 2.42. The van der Waals surface area contributed by atoms with E-state index < -0.39 is 0 Å². The van der Waals surface area contributed by atoms with Gasteiger partial charge in [0.15, 0.2) is 0 Å². The fourth-order valence-corrected chi connectivity index (χ4v) is 3.81. The normalized spacial score (nSPS) is 34.8. The third kappa shape index (κ3) is 1.81. The predicted molar refractivity (Wildman–Crippen MR) is 71.0 cm³/mol. The number of quaternary nitrogens is 1. The number of piperidine rings is 1. The molecule has 2 saturated heterocycles. The highest BCUT2D eigenvalue weighted by Gasteiger charge is 2.48. The van der Waals surface area contributed by atoms with Gasteiger partial charge in [-0.2, -0.15) is 0 Å². The smallest absolute Gasteiger partial charge is 0.125 e. The van der Waals surface area contributed by atoms with E-state index in [9.17, 15) is 4.39 Å². The van der Waals surface area contributed by atoms with Crippen molar-refractivity contribution in [3.8, 4) is 0 Å². The Hall–Kier alpha value is -1.09. The number of nitrogens with two attached hydrogens (primary N) is 1. The minimum atomic E-state index is -0.242. The lowest BCUT2D eigenvalue weighted by molar-refractivity contribution is -0.958. The fourth-order valence-electron chi connectivity index (χ4n) is 3.81. The Labute approximate surface area is 108 Å². The van der Waals surface area contributed by atoms with Gasteiger partial charge < -0.3 is 10.2 Å². The van der Waals surface area contributed by atoms with Gasteiger partial charge in [0.2, 0.25) is 0 Å². The second-order valence-corrected chi connectivity index (χ2v) is 5.99. The first kappa shape index (κ1) is 12.0. The van der Waals surface area contributed by atoms with E-state index in [4.69, 9.17) is 5.73 Å². The van der Waals surface area contributed by atoms with E-state index >= 15 is 0 Å². The van der Waals surface area contributed by atoms with Crippen LogP contribution in [-0.2, 0) is 6.54 Å². The summed E-state index contributed by atoms with van der Waals surface area (Å²) in [7, 11) is 2.35. The lowest BCUT2D eigenvalue weighted by Crippen LogP contribution is -2.55. The molecule has 97 valence electrons. The van der Waals surface area contributed by atoms with Crippen LogP contribution in [0.3, 0.4) is 0 Å². The van der Waals surface area contributed by atoms with E-state index in [2.05, 4.69) is 13.5 Å². The summed E-state index contributed by atoms with van der Waals surface area (Å²) in [6, 6.07) is 6.28. The summed E-state index contributed by atoms with van der Waals surface area (Å²) in [5.74, 6) is -0.242. The molecule has 0 spiro atoms. The van der Waals surface area contributed by atoms with Crippen molar-refractivity contribution in [3.05, 3.63) is 36.0 Å². The number of rotatable bonds is 2. The molecule has 0 aromatic heterocycles. The predicted octanol–water partition coefficient (Wildman–Crippen LogP) is 2.88. The molecule has 0 aliphatic carbocycles. The summed E-state index contributed by atoms with van der Waals surface area (Å²) in [6.07, 6.45) is 7.51. The number of fused-ring (bicyclic) bond motifs is 2. The van der Waals surface area contributed by atoms with Crippen LogP contribution in [0, 0.1) is 12.2 Å². The van der Waals surface area contributed by atoms with Crippen molar-refractivity contribution in [1.82, 2.24) is 0 Å². The molecule has 0 saturated carbocycles. The van der Waals surface area contributed by atoms with Gasteiger partial charge in [0, 0.05) is 36.9 Å². The van der Waals surface area contributed by atoms with Crippen LogP contribution in [-0.4, -0.2) is 23.6 Å². The molecule has 2 unspecified atom stereocenters. The molecule has 2 N–H and O–H groups in total. The Morgan fingerprint density at radius 1 is 1.28 bits per heavy atom. The largest absolute Gasteiger partial charge is 0.398 e. The van der Waals surface area contributed by atoms with Crippen molar-refractivity contribution in [1.29, 1.82) is 0 Å². The molecule has 2 aliphatic heterocycles. The average Bonchev–Trinajstić information content (AvgIpc) is 2.55. The second-order valence-electron chi connectivity index (χ2n) is 5.99. The van der Waals surface area contributed by atoms with Crippen LogP contribution >= 0.6 is 0 Å². The summed E-state index contributed by atoms with van der Waals surface area (Å²) in [5, 5.41) is 0. The third-order valence-electron chi connectivity index (χ3n) is 5.00. The molecule has 2 atom stereocenters. The van der Waals surface area contributed by atoms with Crippen LogP contribution in [0.4, 0.5) is 10.1 Å². The van der Waals surface area contributed by atoms with E-state index in [0.29, 0.717) is 5.69 Å². The van der Waals surface area contributed by atoms with Gasteiger partial charge in [0.05, 0.1) is 19.1 Å². The SMILES string of the molecule is C[N+]1(Cc2ccc(F)cc2N)C2C[CH]CC1CC2. The molecule has 2 heterocycles. The van der Waals surface area contributed by atoms with E-state index in [1.807, 2.05) is 6.07 Å². The van der Waals surface area contributed by atoms with Crippen LogP contribution < -0.4 is 5.73 Å². The van der Waals surface area contributed by atoms with Gasteiger partial charge in [-0.25, -0.2) is 4.39 Å². The Bertz CT molecular complexity index is 442. The minimum Gasteiger partial charge on any atom is -0.398 e. The van der Waals surface area contributed by atoms with Gasteiger partial charge in [-0.15, -0.1) is 0 Å². The molecule has 1 radical (unpaired) electrons. The van der Waals surface area contributed by atoms with Crippen molar-refractivity contribution in [3.63, 3.8) is 0 Å². The molecule has 18 heavy (non-hydrogen) atoms. The maximum Gasteiger partial charge on any atom is 0.125 e. The molecule has 1 aromatic carbocycles. The maximum absolute atomic E-state index is 13.1. The Morgan fingerprint density at radius 2 is 1.94 bits per heavy atom. The van der Waals surface area contributed by atoms with Crippen LogP contribution in [0.1, 0.15) is 31.2 Å². The summed E-state index contributed by atoms with van der Waals surface area (Å²) in [5.41, 5.74) is 7.65. The number of anilines is 1. The number of nitrogens with zero attached hydrogens (tertiary/aromatic N) is 1. The summed E-state index contributed by atoms with van der Waals surface area (Å²) < 4.78 is 14.2. The lowest BCUT2D eigenvalue weighted by Gasteiger charge is -2.45. The van der Waals surface area contributed by atoms with Gasteiger partial charge >= 0.3 is 0 Å². The Balaban J connectivity index is 1.87. The number of hydrogen-bond donors (Lipinski definition) is 1. The number of benzene rings is 1. The highest BCUT2D eigenvalue weighted by molar-refractivity contribution is 5.46. The summed E-state index contributed by atoms with van der Waals surface area (Å²) in [4.78, 5) is 0. The van der Waals surface area contributed by atoms with Crippen molar-refractivity contribution in [2.75, 3.05) is 12.8 Å². The number of nitrogen functional groups attached to an aromatic ring is 1. The maximum atomic E-state index is 13.1. The van der Waals surface area contributed by atoms with Gasteiger partial charge in [-0.05, 0) is 24.6 Å². The van der Waals surface area contributed by atoms with Gasteiger partial charge in [0.1, 0.15) is 12.4 Å². The zero-order valence-corrected chi connectivity index (χ0v) is 10.9. The van der Waals surface area contributed by atoms with Crippen LogP contribution in [0.25, 0.3) is 0 Å². The molecule has 2 nitrogen and oxygen atoms in total. The first-order chi connectivity index (χ1) is 8.59. The van der Waals surface area contributed by atoms with Gasteiger partial charge in [-0.3, -0.25) is 0 Å². The Morgan fingerprint density at radius 3 is 2.56 bits per heavy atom. The minimum absolute atomic E-state index is 0.242. The Kier molecular flexibility index (Phi) is 2.81. The third-order valence-corrected chi connectivity index (χ3v) is 5.00. The molecule has 0 amide bonds. The average molecular weight is 248 g/mol. The van der Waals surface area contributed by atoms with Crippen molar-refractivity contribution < 1.29 is 8.87 Å². The molecule has 3 rings (SSSR count). The van der Waals surface area contributed by atoms with Crippen molar-refractivity contribution >= 4 is 5.69 Å². The number of halogens is 1. The first-order valence-electron chi connectivity index (χ1n) is 6.80.